The number of hydrogen-bond acceptors (Lipinski definition) is 4. The first-order chi connectivity index (χ1) is 9.13. The third-order valence-electron chi connectivity index (χ3n) is 2.68. The third kappa shape index (κ3) is 4.22. The molecular weight excluding hydrogens is 250 g/mol. The Bertz CT molecular complexity index is 455. The van der Waals surface area contributed by atoms with Crippen molar-refractivity contribution >= 4 is 17.7 Å². The van der Waals surface area contributed by atoms with E-state index in [9.17, 15) is 9.59 Å². The Kier molecular flexibility index (Phi) is 4.30. The second-order valence-corrected chi connectivity index (χ2v) is 4.27. The van der Waals surface area contributed by atoms with Gasteiger partial charge in [-0.05, 0) is 18.6 Å². The maximum absolute atomic E-state index is 11.6. The van der Waals surface area contributed by atoms with Crippen molar-refractivity contribution in [3.8, 4) is 0 Å². The average Bonchev–Trinajstić information content (AvgIpc) is 2.83. The van der Waals surface area contributed by atoms with E-state index in [0.29, 0.717) is 24.6 Å². The first-order valence-corrected chi connectivity index (χ1v) is 5.95. The number of anilines is 1. The highest BCUT2D eigenvalue weighted by Gasteiger charge is 2.17. The zero-order valence-corrected chi connectivity index (χ0v) is 10.3. The lowest BCUT2D eigenvalue weighted by atomic mass is 10.2. The number of pyridine rings is 1. The van der Waals surface area contributed by atoms with Crippen LogP contribution in [0.2, 0.25) is 0 Å². The number of ether oxygens (including phenoxy) is 1. The van der Waals surface area contributed by atoms with Crippen LogP contribution in [0.1, 0.15) is 12.1 Å². The van der Waals surface area contributed by atoms with Crippen molar-refractivity contribution in [2.24, 2.45) is 0 Å². The van der Waals surface area contributed by atoms with Crippen LogP contribution in [0.3, 0.4) is 0 Å². The quantitative estimate of drug-likeness (QED) is 0.741. The Hall–Kier alpha value is -2.15. The highest BCUT2D eigenvalue weighted by molar-refractivity contribution is 5.89. The molecule has 102 valence electrons. The summed E-state index contributed by atoms with van der Waals surface area (Å²) in [6.07, 6.45) is 2.11. The predicted molar refractivity (Wildman–Crippen MR) is 67.0 cm³/mol. The van der Waals surface area contributed by atoms with E-state index in [4.69, 9.17) is 9.84 Å². The van der Waals surface area contributed by atoms with Crippen LogP contribution in [0.15, 0.2) is 18.3 Å². The van der Waals surface area contributed by atoms with Gasteiger partial charge in [0.15, 0.2) is 0 Å². The van der Waals surface area contributed by atoms with E-state index in [1.165, 1.54) is 6.20 Å². The van der Waals surface area contributed by atoms with Crippen LogP contribution in [0.5, 0.6) is 0 Å². The largest absolute Gasteiger partial charge is 0.481 e. The highest BCUT2D eigenvalue weighted by Crippen LogP contribution is 2.08. The summed E-state index contributed by atoms with van der Waals surface area (Å²) in [5.41, 5.74) is 0.966. The molecule has 19 heavy (non-hydrogen) atoms. The molecule has 1 fully saturated rings. The SMILES string of the molecule is O=C(O)Cc1ccc(NC(=O)NC2CCOC2)cn1. The summed E-state index contributed by atoms with van der Waals surface area (Å²) < 4.78 is 5.15. The van der Waals surface area contributed by atoms with E-state index < -0.39 is 5.97 Å². The topological polar surface area (TPSA) is 101 Å². The summed E-state index contributed by atoms with van der Waals surface area (Å²) in [6.45, 7) is 1.19. The van der Waals surface area contributed by atoms with E-state index in [1.807, 2.05) is 0 Å². The number of rotatable bonds is 4. The first-order valence-electron chi connectivity index (χ1n) is 5.95. The molecule has 2 amide bonds. The van der Waals surface area contributed by atoms with Crippen LogP contribution in [0.25, 0.3) is 0 Å². The number of hydrogen-bond donors (Lipinski definition) is 3. The lowest BCUT2D eigenvalue weighted by Gasteiger charge is -2.11. The molecule has 0 spiro atoms. The van der Waals surface area contributed by atoms with Crippen LogP contribution in [0.4, 0.5) is 10.5 Å². The van der Waals surface area contributed by atoms with Gasteiger partial charge >= 0.3 is 12.0 Å². The van der Waals surface area contributed by atoms with E-state index in [1.54, 1.807) is 12.1 Å². The molecule has 1 aliphatic heterocycles. The lowest BCUT2D eigenvalue weighted by molar-refractivity contribution is -0.136. The molecule has 0 saturated carbocycles. The fourth-order valence-electron chi connectivity index (χ4n) is 1.76. The fraction of sp³-hybridized carbons (Fsp3) is 0.417. The Morgan fingerprint density at radius 3 is 2.89 bits per heavy atom. The molecule has 1 unspecified atom stereocenters. The van der Waals surface area contributed by atoms with Gasteiger partial charge in [-0.1, -0.05) is 0 Å². The Balaban J connectivity index is 1.84. The predicted octanol–water partition coefficient (Wildman–Crippen LogP) is 0.619. The average molecular weight is 265 g/mol. The van der Waals surface area contributed by atoms with Gasteiger partial charge in [0.2, 0.25) is 0 Å². The van der Waals surface area contributed by atoms with Gasteiger partial charge in [-0.3, -0.25) is 9.78 Å². The maximum Gasteiger partial charge on any atom is 0.319 e. The maximum atomic E-state index is 11.6. The number of urea groups is 1. The molecule has 2 rings (SSSR count). The molecule has 0 aromatic carbocycles. The normalized spacial score (nSPS) is 18.0. The number of carbonyl (C=O) groups excluding carboxylic acids is 1. The van der Waals surface area contributed by atoms with Crippen LogP contribution in [0, 0.1) is 0 Å². The molecule has 1 atom stereocenters. The molecule has 7 nitrogen and oxygen atoms in total. The van der Waals surface area contributed by atoms with Gasteiger partial charge in [-0.25, -0.2) is 4.79 Å². The van der Waals surface area contributed by atoms with Crippen LogP contribution < -0.4 is 10.6 Å². The number of carboxylic acid groups (broad SMARTS) is 1. The number of nitrogens with one attached hydrogen (secondary N) is 2. The van der Waals surface area contributed by atoms with Gasteiger partial charge < -0.3 is 20.5 Å². The smallest absolute Gasteiger partial charge is 0.319 e. The molecule has 0 radical (unpaired) electrons. The number of nitrogens with zero attached hydrogens (tertiary/aromatic N) is 1. The van der Waals surface area contributed by atoms with Crippen LogP contribution >= 0.6 is 0 Å². The number of carbonyl (C=O) groups is 2. The molecule has 0 bridgehead atoms. The van der Waals surface area contributed by atoms with E-state index in [0.717, 1.165) is 6.42 Å². The summed E-state index contributed by atoms with van der Waals surface area (Å²) in [7, 11) is 0. The van der Waals surface area contributed by atoms with Crippen molar-refractivity contribution in [2.45, 2.75) is 18.9 Å². The van der Waals surface area contributed by atoms with Gasteiger partial charge in [-0.15, -0.1) is 0 Å². The highest BCUT2D eigenvalue weighted by atomic mass is 16.5. The van der Waals surface area contributed by atoms with Crippen molar-refractivity contribution in [1.82, 2.24) is 10.3 Å². The fourth-order valence-corrected chi connectivity index (χ4v) is 1.76. The standard InChI is InChI=1S/C12H15N3O4/c16-11(17)5-8-1-2-9(6-13-8)14-12(18)15-10-3-4-19-7-10/h1-2,6,10H,3-5,7H2,(H,16,17)(H2,14,15,18). The second-order valence-electron chi connectivity index (χ2n) is 4.27. The van der Waals surface area contributed by atoms with Crippen molar-refractivity contribution in [2.75, 3.05) is 18.5 Å². The Morgan fingerprint density at radius 1 is 1.47 bits per heavy atom. The van der Waals surface area contributed by atoms with Crippen molar-refractivity contribution in [3.63, 3.8) is 0 Å². The Morgan fingerprint density at radius 2 is 2.32 bits per heavy atom. The second kappa shape index (κ2) is 6.14. The van der Waals surface area contributed by atoms with Crippen molar-refractivity contribution in [3.05, 3.63) is 24.0 Å². The van der Waals surface area contributed by atoms with Crippen LogP contribution in [-0.4, -0.2) is 41.3 Å². The van der Waals surface area contributed by atoms with Gasteiger partial charge in [0, 0.05) is 6.61 Å². The first kappa shape index (κ1) is 13.3. The van der Waals surface area contributed by atoms with Gasteiger partial charge in [-0.2, -0.15) is 0 Å². The number of aromatic nitrogens is 1. The molecule has 0 aliphatic carbocycles. The molecule has 1 aliphatic rings. The van der Waals surface area contributed by atoms with E-state index in [-0.39, 0.29) is 18.5 Å². The van der Waals surface area contributed by atoms with E-state index >= 15 is 0 Å². The zero-order valence-electron chi connectivity index (χ0n) is 10.3. The minimum absolute atomic E-state index is 0.0410. The molecule has 3 N–H and O–H groups in total. The molecule has 1 aromatic rings. The Labute approximate surface area is 110 Å². The minimum atomic E-state index is -0.938. The molecule has 1 saturated heterocycles. The molecule has 2 heterocycles. The number of amides is 2. The van der Waals surface area contributed by atoms with Crippen molar-refractivity contribution < 1.29 is 19.4 Å². The minimum Gasteiger partial charge on any atom is -0.481 e. The zero-order chi connectivity index (χ0) is 13.7. The van der Waals surface area contributed by atoms with Crippen LogP contribution in [-0.2, 0) is 16.0 Å². The third-order valence-corrected chi connectivity index (χ3v) is 2.68. The summed E-state index contributed by atoms with van der Waals surface area (Å²) in [6, 6.07) is 2.92. The number of carboxylic acids is 1. The number of aliphatic carboxylic acids is 1. The molecule has 7 heteroatoms. The van der Waals surface area contributed by atoms with Gasteiger partial charge in [0.25, 0.3) is 0 Å². The monoisotopic (exact) mass is 265 g/mol. The van der Waals surface area contributed by atoms with E-state index in [2.05, 4.69) is 15.6 Å². The molecule has 1 aromatic heterocycles. The summed E-state index contributed by atoms with van der Waals surface area (Å²) in [5, 5.41) is 14.0. The molecular formula is C12H15N3O4. The van der Waals surface area contributed by atoms with Gasteiger partial charge in [0.1, 0.15) is 0 Å². The lowest BCUT2D eigenvalue weighted by Crippen LogP contribution is -2.38. The van der Waals surface area contributed by atoms with Gasteiger partial charge in [0.05, 0.1) is 36.6 Å². The van der Waals surface area contributed by atoms with Crippen molar-refractivity contribution in [1.29, 1.82) is 0 Å². The summed E-state index contributed by atoms with van der Waals surface area (Å²) in [5.74, 6) is -0.938. The summed E-state index contributed by atoms with van der Waals surface area (Å²) >= 11 is 0. The summed E-state index contributed by atoms with van der Waals surface area (Å²) in [4.78, 5) is 26.1.